The Labute approximate surface area is 66.3 Å². The molecular formula is C7H13NO3. The van der Waals surface area contributed by atoms with Gasteiger partial charge in [-0.1, -0.05) is 6.58 Å². The van der Waals surface area contributed by atoms with Crippen molar-refractivity contribution in [3.8, 4) is 0 Å². The van der Waals surface area contributed by atoms with E-state index in [1.54, 1.807) is 13.8 Å². The predicted molar refractivity (Wildman–Crippen MR) is 40.7 cm³/mol. The summed E-state index contributed by atoms with van der Waals surface area (Å²) in [5.74, 6) is 0. The van der Waals surface area contributed by atoms with Crippen LogP contribution in [-0.4, -0.2) is 24.3 Å². The lowest BCUT2D eigenvalue weighted by Crippen LogP contribution is -2.27. The van der Waals surface area contributed by atoms with Crippen LogP contribution in [0, 0.1) is 0 Å². The molecule has 0 rings (SSSR count). The van der Waals surface area contributed by atoms with Gasteiger partial charge in [-0.05, 0) is 13.8 Å². The molecule has 0 heterocycles. The van der Waals surface area contributed by atoms with Crippen molar-refractivity contribution in [3.05, 3.63) is 12.8 Å². The van der Waals surface area contributed by atoms with Gasteiger partial charge in [0.05, 0.1) is 13.2 Å². The third-order valence-corrected chi connectivity index (χ3v) is 0.826. The zero-order valence-electron chi connectivity index (χ0n) is 7.03. The highest BCUT2D eigenvalue weighted by molar-refractivity contribution is 5.66. The molecule has 0 N–H and O–H groups in total. The number of carbonyl (C=O) groups excluding carboxylic acids is 1. The van der Waals surface area contributed by atoms with Gasteiger partial charge in [0.15, 0.2) is 0 Å². The maximum atomic E-state index is 10.9. The number of rotatable bonds is 3. The Morgan fingerprint density at radius 2 is 2.18 bits per heavy atom. The Morgan fingerprint density at radius 1 is 1.64 bits per heavy atom. The minimum Gasteiger partial charge on any atom is -0.445 e. The maximum Gasteiger partial charge on any atom is 0.443 e. The van der Waals surface area contributed by atoms with Gasteiger partial charge >= 0.3 is 6.09 Å². The van der Waals surface area contributed by atoms with E-state index in [1.807, 2.05) is 0 Å². The first-order chi connectivity index (χ1) is 5.07. The van der Waals surface area contributed by atoms with E-state index in [-0.39, 0.29) is 6.10 Å². The summed E-state index contributed by atoms with van der Waals surface area (Å²) in [5, 5.41) is 0.965. The molecule has 0 aliphatic rings. The second kappa shape index (κ2) is 4.60. The van der Waals surface area contributed by atoms with Crippen molar-refractivity contribution >= 4 is 6.09 Å². The zero-order valence-corrected chi connectivity index (χ0v) is 7.03. The molecule has 0 aromatic rings. The highest BCUT2D eigenvalue weighted by atomic mass is 16.7. The number of amides is 1. The number of nitrogens with zero attached hydrogens (tertiary/aromatic N) is 1. The predicted octanol–water partition coefficient (Wildman–Crippen LogP) is 1.54. The molecule has 0 aromatic heterocycles. The molecule has 0 aliphatic carbocycles. The van der Waals surface area contributed by atoms with E-state index >= 15 is 0 Å². The van der Waals surface area contributed by atoms with E-state index in [0.717, 1.165) is 11.3 Å². The van der Waals surface area contributed by atoms with E-state index in [1.165, 1.54) is 7.05 Å². The lowest BCUT2D eigenvalue weighted by atomic mass is 10.5. The minimum atomic E-state index is -0.528. The largest absolute Gasteiger partial charge is 0.445 e. The van der Waals surface area contributed by atoms with E-state index in [9.17, 15) is 4.79 Å². The molecule has 0 saturated heterocycles. The molecule has 64 valence electrons. The molecule has 11 heavy (non-hydrogen) atoms. The molecule has 0 fully saturated rings. The third-order valence-electron chi connectivity index (χ3n) is 0.826. The highest BCUT2D eigenvalue weighted by Crippen LogP contribution is 1.95. The van der Waals surface area contributed by atoms with Gasteiger partial charge in [0.25, 0.3) is 0 Å². The van der Waals surface area contributed by atoms with Crippen LogP contribution in [-0.2, 0) is 9.57 Å². The van der Waals surface area contributed by atoms with E-state index < -0.39 is 6.09 Å². The molecule has 0 bridgehead atoms. The number of hydrogen-bond acceptors (Lipinski definition) is 3. The summed E-state index contributed by atoms with van der Waals surface area (Å²) in [5.41, 5.74) is 0. The number of hydroxylamine groups is 2. The quantitative estimate of drug-likeness (QED) is 0.463. The van der Waals surface area contributed by atoms with Crippen LogP contribution >= 0.6 is 0 Å². The van der Waals surface area contributed by atoms with Crippen LogP contribution in [0.15, 0.2) is 12.8 Å². The van der Waals surface area contributed by atoms with E-state index in [0.29, 0.717) is 0 Å². The molecule has 0 radical (unpaired) electrons. The smallest absolute Gasteiger partial charge is 0.443 e. The van der Waals surface area contributed by atoms with Crippen molar-refractivity contribution in [2.45, 2.75) is 20.0 Å². The van der Waals surface area contributed by atoms with Crippen molar-refractivity contribution < 1.29 is 14.4 Å². The Morgan fingerprint density at radius 3 is 2.55 bits per heavy atom. The second-order valence-corrected chi connectivity index (χ2v) is 2.20. The van der Waals surface area contributed by atoms with Crippen LogP contribution in [0.1, 0.15) is 13.8 Å². The molecule has 0 atom stereocenters. The Hall–Kier alpha value is -1.19. The zero-order chi connectivity index (χ0) is 8.85. The first kappa shape index (κ1) is 9.81. The van der Waals surface area contributed by atoms with Gasteiger partial charge in [-0.3, -0.25) is 0 Å². The van der Waals surface area contributed by atoms with E-state index in [4.69, 9.17) is 4.74 Å². The average Bonchev–Trinajstić information content (AvgIpc) is 1.86. The summed E-state index contributed by atoms with van der Waals surface area (Å²) in [6.45, 7) is 6.82. The van der Waals surface area contributed by atoms with Crippen LogP contribution in [0.2, 0.25) is 0 Å². The lowest BCUT2D eigenvalue weighted by molar-refractivity contribution is -0.0709. The Kier molecular flexibility index (Phi) is 4.10. The molecule has 1 amide bonds. The van der Waals surface area contributed by atoms with Gasteiger partial charge in [0, 0.05) is 0 Å². The van der Waals surface area contributed by atoms with Gasteiger partial charge in [0.1, 0.15) is 6.26 Å². The Bertz CT molecular complexity index is 145. The molecular weight excluding hydrogens is 146 g/mol. The molecule has 4 nitrogen and oxygen atoms in total. The lowest BCUT2D eigenvalue weighted by Gasteiger charge is -2.15. The highest BCUT2D eigenvalue weighted by Gasteiger charge is 2.10. The average molecular weight is 159 g/mol. The summed E-state index contributed by atoms with van der Waals surface area (Å²) in [4.78, 5) is 15.5. The van der Waals surface area contributed by atoms with Gasteiger partial charge in [-0.25, -0.2) is 4.79 Å². The van der Waals surface area contributed by atoms with E-state index in [2.05, 4.69) is 11.4 Å². The molecule has 0 saturated carbocycles. The van der Waals surface area contributed by atoms with Gasteiger partial charge < -0.3 is 9.57 Å². The summed E-state index contributed by atoms with van der Waals surface area (Å²) in [6.07, 6.45) is 0.486. The van der Waals surface area contributed by atoms with Gasteiger partial charge in [-0.15, -0.1) is 5.06 Å². The van der Waals surface area contributed by atoms with Gasteiger partial charge in [-0.2, -0.15) is 0 Å². The van der Waals surface area contributed by atoms with Gasteiger partial charge in [0.2, 0.25) is 0 Å². The fourth-order valence-electron chi connectivity index (χ4n) is 0.431. The fraction of sp³-hybridized carbons (Fsp3) is 0.571. The molecule has 0 aliphatic heterocycles. The van der Waals surface area contributed by atoms with Crippen molar-refractivity contribution in [2.24, 2.45) is 0 Å². The first-order valence-electron chi connectivity index (χ1n) is 3.30. The summed E-state index contributed by atoms with van der Waals surface area (Å²) < 4.78 is 4.78. The summed E-state index contributed by atoms with van der Waals surface area (Å²) >= 11 is 0. The minimum absolute atomic E-state index is 0.140. The van der Waals surface area contributed by atoms with Crippen LogP contribution < -0.4 is 0 Å². The van der Waals surface area contributed by atoms with Crippen molar-refractivity contribution in [3.63, 3.8) is 0 Å². The van der Waals surface area contributed by atoms with Crippen molar-refractivity contribution in [1.29, 1.82) is 0 Å². The number of ether oxygens (including phenoxy) is 1. The van der Waals surface area contributed by atoms with Crippen LogP contribution in [0.3, 0.4) is 0 Å². The fourth-order valence-corrected chi connectivity index (χ4v) is 0.431. The topological polar surface area (TPSA) is 38.8 Å². The van der Waals surface area contributed by atoms with Crippen LogP contribution in [0.5, 0.6) is 0 Å². The van der Waals surface area contributed by atoms with Crippen LogP contribution in [0.4, 0.5) is 4.79 Å². The SMILES string of the molecule is C=CON(C)C(=O)OC(C)C. The molecule has 0 spiro atoms. The molecule has 4 heteroatoms. The Balaban J connectivity index is 3.72. The number of hydrogen-bond donors (Lipinski definition) is 0. The number of carbonyl (C=O) groups is 1. The van der Waals surface area contributed by atoms with Crippen molar-refractivity contribution in [1.82, 2.24) is 5.06 Å². The first-order valence-corrected chi connectivity index (χ1v) is 3.30. The van der Waals surface area contributed by atoms with Crippen LogP contribution in [0.25, 0.3) is 0 Å². The second-order valence-electron chi connectivity index (χ2n) is 2.20. The summed E-state index contributed by atoms with van der Waals surface area (Å²) in [7, 11) is 1.45. The molecule has 0 unspecified atom stereocenters. The standard InChI is InChI=1S/C7H13NO3/c1-5-10-8(4)7(9)11-6(2)3/h5-6H,1H2,2-4H3. The normalized spacial score (nSPS) is 9.09. The summed E-state index contributed by atoms with van der Waals surface area (Å²) in [6, 6.07) is 0. The third kappa shape index (κ3) is 4.25. The maximum absolute atomic E-state index is 10.9. The molecule has 0 aromatic carbocycles. The van der Waals surface area contributed by atoms with Crippen molar-refractivity contribution in [2.75, 3.05) is 7.05 Å². The monoisotopic (exact) mass is 159 g/mol.